The number of nitrogens with zero attached hydrogens (tertiary/aromatic N) is 3. The van der Waals surface area contributed by atoms with E-state index in [2.05, 4.69) is 29.2 Å². The highest BCUT2D eigenvalue weighted by molar-refractivity contribution is 5.89. The monoisotopic (exact) mass is 320 g/mol. The van der Waals surface area contributed by atoms with E-state index in [9.17, 15) is 4.79 Å². The van der Waals surface area contributed by atoms with Crippen LogP contribution in [-0.2, 0) is 9.53 Å². The average molecular weight is 320 g/mol. The van der Waals surface area contributed by atoms with E-state index in [1.54, 1.807) is 6.20 Å². The minimum atomic E-state index is 0.0662. The molecule has 0 bridgehead atoms. The molecule has 2 atom stereocenters. The molecule has 1 aliphatic heterocycles. The molecule has 1 saturated carbocycles. The molecular formula is C17H28N4O2. The summed E-state index contributed by atoms with van der Waals surface area (Å²) in [6.07, 6.45) is 7.60. The van der Waals surface area contributed by atoms with Gasteiger partial charge in [-0.3, -0.25) is 9.69 Å². The van der Waals surface area contributed by atoms with Crippen molar-refractivity contribution in [2.75, 3.05) is 25.0 Å². The van der Waals surface area contributed by atoms with Crippen molar-refractivity contribution < 1.29 is 9.53 Å². The molecule has 0 radical (unpaired) electrons. The van der Waals surface area contributed by atoms with E-state index in [1.165, 1.54) is 12.8 Å². The zero-order valence-electron chi connectivity index (χ0n) is 14.2. The van der Waals surface area contributed by atoms with Crippen molar-refractivity contribution >= 4 is 11.7 Å². The highest BCUT2D eigenvalue weighted by Gasteiger charge is 2.23. The Kier molecular flexibility index (Phi) is 5.33. The highest BCUT2D eigenvalue weighted by atomic mass is 16.5. The van der Waals surface area contributed by atoms with Gasteiger partial charge in [-0.25, -0.2) is 4.68 Å². The van der Waals surface area contributed by atoms with Crippen LogP contribution in [0.15, 0.2) is 12.3 Å². The largest absolute Gasteiger partial charge is 0.373 e. The standard InChI is InChI=1S/C17H28N4O2/c1-13-11-20(12-14(2)23-13)10-8-17(22)19-16-7-9-18-21(16)15-5-3-4-6-15/h7,9,13-15H,3-6,8,10-12H2,1-2H3,(H,19,22)/t13-,14-/m1/s1. The van der Waals surface area contributed by atoms with Crippen molar-refractivity contribution in [3.63, 3.8) is 0 Å². The van der Waals surface area contributed by atoms with Crippen LogP contribution < -0.4 is 5.32 Å². The van der Waals surface area contributed by atoms with Gasteiger partial charge in [0.25, 0.3) is 0 Å². The Hall–Kier alpha value is -1.40. The molecular weight excluding hydrogens is 292 g/mol. The Morgan fingerprint density at radius 3 is 2.70 bits per heavy atom. The summed E-state index contributed by atoms with van der Waals surface area (Å²) in [5, 5.41) is 7.43. The van der Waals surface area contributed by atoms with E-state index in [1.807, 2.05) is 10.7 Å². The predicted octanol–water partition coefficient (Wildman–Crippen LogP) is 2.44. The van der Waals surface area contributed by atoms with E-state index < -0.39 is 0 Å². The number of amides is 1. The Balaban J connectivity index is 1.49. The first-order valence-electron chi connectivity index (χ1n) is 8.83. The number of anilines is 1. The van der Waals surface area contributed by atoms with Gasteiger partial charge in [-0.2, -0.15) is 5.10 Å². The maximum Gasteiger partial charge on any atom is 0.226 e. The molecule has 1 saturated heterocycles. The van der Waals surface area contributed by atoms with E-state index in [0.29, 0.717) is 12.5 Å². The number of aromatic nitrogens is 2. The molecule has 6 nitrogen and oxygen atoms in total. The van der Waals surface area contributed by atoms with Crippen molar-refractivity contribution in [2.24, 2.45) is 0 Å². The summed E-state index contributed by atoms with van der Waals surface area (Å²) >= 11 is 0. The van der Waals surface area contributed by atoms with Crippen LogP contribution in [0, 0.1) is 0 Å². The third-order valence-corrected chi connectivity index (χ3v) is 4.76. The summed E-state index contributed by atoms with van der Waals surface area (Å²) in [5.74, 6) is 0.905. The Morgan fingerprint density at radius 2 is 2.00 bits per heavy atom. The molecule has 0 unspecified atom stereocenters. The van der Waals surface area contributed by atoms with Crippen LogP contribution in [0.5, 0.6) is 0 Å². The first kappa shape index (κ1) is 16.5. The number of nitrogens with one attached hydrogen (secondary N) is 1. The lowest BCUT2D eigenvalue weighted by Crippen LogP contribution is -2.46. The van der Waals surface area contributed by atoms with Crippen LogP contribution in [0.3, 0.4) is 0 Å². The maximum atomic E-state index is 12.3. The van der Waals surface area contributed by atoms with Crippen molar-refractivity contribution in [1.82, 2.24) is 14.7 Å². The van der Waals surface area contributed by atoms with Gasteiger partial charge in [0.2, 0.25) is 5.91 Å². The molecule has 0 spiro atoms. The first-order valence-corrected chi connectivity index (χ1v) is 8.83. The molecule has 3 rings (SSSR count). The quantitative estimate of drug-likeness (QED) is 0.905. The second kappa shape index (κ2) is 7.45. The predicted molar refractivity (Wildman–Crippen MR) is 89.4 cm³/mol. The fourth-order valence-corrected chi connectivity index (χ4v) is 3.79. The summed E-state index contributed by atoms with van der Waals surface area (Å²) in [7, 11) is 0. The van der Waals surface area contributed by atoms with Crippen LogP contribution in [0.2, 0.25) is 0 Å². The molecule has 128 valence electrons. The van der Waals surface area contributed by atoms with Crippen molar-refractivity contribution in [3.05, 3.63) is 12.3 Å². The third kappa shape index (κ3) is 4.32. The van der Waals surface area contributed by atoms with E-state index in [-0.39, 0.29) is 18.1 Å². The normalized spacial score (nSPS) is 26.5. The molecule has 2 fully saturated rings. The van der Waals surface area contributed by atoms with Crippen LogP contribution in [-0.4, -0.2) is 52.4 Å². The fourth-order valence-electron chi connectivity index (χ4n) is 3.79. The Labute approximate surface area is 138 Å². The lowest BCUT2D eigenvalue weighted by atomic mass is 10.2. The van der Waals surface area contributed by atoms with Crippen LogP contribution in [0.25, 0.3) is 0 Å². The van der Waals surface area contributed by atoms with Crippen LogP contribution >= 0.6 is 0 Å². The molecule has 6 heteroatoms. The SMILES string of the molecule is C[C@@H]1CN(CCC(=O)Nc2ccnn2C2CCCC2)C[C@@H](C)O1. The highest BCUT2D eigenvalue weighted by Crippen LogP contribution is 2.31. The molecule has 0 aromatic carbocycles. The van der Waals surface area contributed by atoms with Crippen LogP contribution in [0.1, 0.15) is 52.0 Å². The molecule has 1 N–H and O–H groups in total. The average Bonchev–Trinajstić information content (AvgIpc) is 3.14. The minimum Gasteiger partial charge on any atom is -0.373 e. The van der Waals surface area contributed by atoms with Gasteiger partial charge in [0, 0.05) is 32.1 Å². The van der Waals surface area contributed by atoms with Gasteiger partial charge in [-0.1, -0.05) is 12.8 Å². The van der Waals surface area contributed by atoms with E-state index in [4.69, 9.17) is 4.74 Å². The second-order valence-corrected chi connectivity index (χ2v) is 6.91. The fraction of sp³-hybridized carbons (Fsp3) is 0.765. The molecule has 1 amide bonds. The topological polar surface area (TPSA) is 59.4 Å². The van der Waals surface area contributed by atoms with E-state index in [0.717, 1.165) is 38.3 Å². The third-order valence-electron chi connectivity index (χ3n) is 4.76. The first-order chi connectivity index (χ1) is 11.1. The summed E-state index contributed by atoms with van der Waals surface area (Å²) in [6.45, 7) is 6.75. The summed E-state index contributed by atoms with van der Waals surface area (Å²) < 4.78 is 7.72. The lowest BCUT2D eigenvalue weighted by molar-refractivity contribution is -0.117. The Bertz CT molecular complexity index is 514. The van der Waals surface area contributed by atoms with Gasteiger partial charge < -0.3 is 10.1 Å². The Morgan fingerprint density at radius 1 is 1.30 bits per heavy atom. The lowest BCUT2D eigenvalue weighted by Gasteiger charge is -2.35. The zero-order valence-corrected chi connectivity index (χ0v) is 14.2. The minimum absolute atomic E-state index is 0.0662. The number of hydrogen-bond donors (Lipinski definition) is 1. The summed E-state index contributed by atoms with van der Waals surface area (Å²) in [4.78, 5) is 14.6. The second-order valence-electron chi connectivity index (χ2n) is 6.91. The molecule has 1 aromatic heterocycles. The molecule has 1 aliphatic carbocycles. The van der Waals surface area contributed by atoms with Gasteiger partial charge in [0.1, 0.15) is 5.82 Å². The summed E-state index contributed by atoms with van der Waals surface area (Å²) in [5.41, 5.74) is 0. The maximum absolute atomic E-state index is 12.3. The number of rotatable bonds is 5. The van der Waals surface area contributed by atoms with E-state index >= 15 is 0 Å². The van der Waals surface area contributed by atoms with Crippen molar-refractivity contribution in [3.8, 4) is 0 Å². The molecule has 2 aliphatic rings. The summed E-state index contributed by atoms with van der Waals surface area (Å²) in [6, 6.07) is 2.34. The van der Waals surface area contributed by atoms with Crippen molar-refractivity contribution in [2.45, 2.75) is 64.2 Å². The van der Waals surface area contributed by atoms with Gasteiger partial charge in [-0.15, -0.1) is 0 Å². The van der Waals surface area contributed by atoms with Gasteiger partial charge in [-0.05, 0) is 26.7 Å². The number of ether oxygens (including phenoxy) is 1. The number of hydrogen-bond acceptors (Lipinski definition) is 4. The number of morpholine rings is 1. The van der Waals surface area contributed by atoms with Crippen molar-refractivity contribution in [1.29, 1.82) is 0 Å². The van der Waals surface area contributed by atoms with Gasteiger partial charge >= 0.3 is 0 Å². The smallest absolute Gasteiger partial charge is 0.226 e. The molecule has 23 heavy (non-hydrogen) atoms. The zero-order chi connectivity index (χ0) is 16.2. The number of carbonyl (C=O) groups is 1. The van der Waals surface area contributed by atoms with Gasteiger partial charge in [0.15, 0.2) is 0 Å². The van der Waals surface area contributed by atoms with Crippen LogP contribution in [0.4, 0.5) is 5.82 Å². The molecule has 2 heterocycles. The number of carbonyl (C=O) groups excluding carboxylic acids is 1. The van der Waals surface area contributed by atoms with Gasteiger partial charge in [0.05, 0.1) is 24.4 Å². The molecule has 1 aromatic rings.